The van der Waals surface area contributed by atoms with Crippen molar-refractivity contribution in [1.82, 2.24) is 9.97 Å². The number of hydrogen-bond acceptors (Lipinski definition) is 3. The Morgan fingerprint density at radius 3 is 2.64 bits per heavy atom. The first-order valence-corrected chi connectivity index (χ1v) is 4.75. The van der Waals surface area contributed by atoms with Crippen molar-refractivity contribution in [3.05, 3.63) is 22.5 Å². The van der Waals surface area contributed by atoms with Crippen LogP contribution in [0.25, 0.3) is 0 Å². The zero-order valence-corrected chi connectivity index (χ0v) is 9.10. The first-order valence-electron chi connectivity index (χ1n) is 4.37. The van der Waals surface area contributed by atoms with Gasteiger partial charge < -0.3 is 4.74 Å². The molecule has 0 spiro atoms. The van der Waals surface area contributed by atoms with Gasteiger partial charge in [0, 0.05) is 6.61 Å². The molecular formula is C9H12ClFN2O. The van der Waals surface area contributed by atoms with Crippen molar-refractivity contribution in [1.29, 1.82) is 0 Å². The summed E-state index contributed by atoms with van der Waals surface area (Å²) in [5.41, 5.74) is 0.242. The molecule has 0 N–H and O–H groups in total. The molecule has 1 rings (SSSR count). The molecule has 0 aliphatic heterocycles. The molecule has 0 saturated heterocycles. The van der Waals surface area contributed by atoms with E-state index < -0.39 is 5.82 Å². The molecule has 14 heavy (non-hydrogen) atoms. The van der Waals surface area contributed by atoms with Gasteiger partial charge in [0.25, 0.3) is 0 Å². The predicted molar refractivity (Wildman–Crippen MR) is 51.8 cm³/mol. The van der Waals surface area contributed by atoms with Crippen LogP contribution < -0.4 is 0 Å². The number of aromatic nitrogens is 2. The standard InChI is InChI=1S/C9H12ClFN2O/c1-4-14-6(3)9-12-5(2)7(11)8(10)13-9/h6H,4H2,1-3H3. The zero-order chi connectivity index (χ0) is 10.7. The van der Waals surface area contributed by atoms with E-state index >= 15 is 0 Å². The van der Waals surface area contributed by atoms with E-state index in [1.54, 1.807) is 13.8 Å². The van der Waals surface area contributed by atoms with Crippen LogP contribution in [0.15, 0.2) is 0 Å². The van der Waals surface area contributed by atoms with Crippen LogP contribution in [-0.4, -0.2) is 16.6 Å². The van der Waals surface area contributed by atoms with E-state index in [4.69, 9.17) is 16.3 Å². The van der Waals surface area contributed by atoms with Gasteiger partial charge >= 0.3 is 0 Å². The van der Waals surface area contributed by atoms with Crippen molar-refractivity contribution in [2.45, 2.75) is 26.9 Å². The average Bonchev–Trinajstić information content (AvgIpc) is 2.13. The number of halogens is 2. The molecule has 1 atom stereocenters. The van der Waals surface area contributed by atoms with Gasteiger partial charge in [-0.1, -0.05) is 11.6 Å². The van der Waals surface area contributed by atoms with Gasteiger partial charge in [-0.25, -0.2) is 14.4 Å². The SMILES string of the molecule is CCOC(C)c1nc(C)c(F)c(Cl)n1. The summed E-state index contributed by atoms with van der Waals surface area (Å²) in [5, 5.41) is -0.154. The van der Waals surface area contributed by atoms with Crippen LogP contribution in [0.3, 0.4) is 0 Å². The van der Waals surface area contributed by atoms with Crippen LogP contribution in [0.2, 0.25) is 5.15 Å². The molecule has 0 aromatic carbocycles. The van der Waals surface area contributed by atoms with E-state index in [1.165, 1.54) is 0 Å². The summed E-state index contributed by atoms with van der Waals surface area (Å²) in [6.45, 7) is 5.77. The van der Waals surface area contributed by atoms with Crippen LogP contribution in [0.5, 0.6) is 0 Å². The zero-order valence-electron chi connectivity index (χ0n) is 8.34. The lowest BCUT2D eigenvalue weighted by atomic mass is 10.3. The molecule has 0 fully saturated rings. The second kappa shape index (κ2) is 4.66. The Labute approximate surface area is 87.3 Å². The van der Waals surface area contributed by atoms with Crippen molar-refractivity contribution >= 4 is 11.6 Å². The minimum absolute atomic E-state index is 0.154. The van der Waals surface area contributed by atoms with E-state index in [0.717, 1.165) is 0 Å². The molecule has 0 saturated carbocycles. The molecular weight excluding hydrogens is 207 g/mol. The fourth-order valence-electron chi connectivity index (χ4n) is 1.05. The maximum Gasteiger partial charge on any atom is 0.181 e. The van der Waals surface area contributed by atoms with Crippen LogP contribution >= 0.6 is 11.6 Å². The molecule has 1 heterocycles. The fourth-order valence-corrected chi connectivity index (χ4v) is 1.27. The second-order valence-electron chi connectivity index (χ2n) is 2.87. The summed E-state index contributed by atoms with van der Waals surface area (Å²) < 4.78 is 18.3. The van der Waals surface area contributed by atoms with Crippen molar-refractivity contribution in [3.8, 4) is 0 Å². The monoisotopic (exact) mass is 218 g/mol. The first kappa shape index (κ1) is 11.3. The van der Waals surface area contributed by atoms with Crippen LogP contribution in [0, 0.1) is 12.7 Å². The number of rotatable bonds is 3. The third kappa shape index (κ3) is 2.39. The number of ether oxygens (including phenoxy) is 1. The van der Waals surface area contributed by atoms with Crippen molar-refractivity contribution in [2.75, 3.05) is 6.61 Å². The molecule has 78 valence electrons. The van der Waals surface area contributed by atoms with Gasteiger partial charge in [-0.3, -0.25) is 0 Å². The molecule has 5 heteroatoms. The lowest BCUT2D eigenvalue weighted by Crippen LogP contribution is -2.08. The number of nitrogens with zero attached hydrogens (tertiary/aromatic N) is 2. The normalized spacial score (nSPS) is 12.9. The highest BCUT2D eigenvalue weighted by Gasteiger charge is 2.14. The topological polar surface area (TPSA) is 35.0 Å². The summed E-state index contributed by atoms with van der Waals surface area (Å²) in [7, 11) is 0. The third-order valence-electron chi connectivity index (χ3n) is 1.77. The lowest BCUT2D eigenvalue weighted by molar-refractivity contribution is 0.0697. The Hall–Kier alpha value is -0.740. The Morgan fingerprint density at radius 2 is 2.14 bits per heavy atom. The first-order chi connectivity index (χ1) is 6.56. The van der Waals surface area contributed by atoms with Gasteiger partial charge in [0.05, 0.1) is 5.69 Å². The number of hydrogen-bond donors (Lipinski definition) is 0. The Balaban J connectivity index is 3.00. The quantitative estimate of drug-likeness (QED) is 0.732. The minimum Gasteiger partial charge on any atom is -0.371 e. The van der Waals surface area contributed by atoms with Crippen LogP contribution in [0.4, 0.5) is 4.39 Å². The molecule has 0 aliphatic rings. The van der Waals surface area contributed by atoms with Gasteiger partial charge in [-0.2, -0.15) is 0 Å². The molecule has 1 unspecified atom stereocenters. The van der Waals surface area contributed by atoms with E-state index in [2.05, 4.69) is 9.97 Å². The lowest BCUT2D eigenvalue weighted by Gasteiger charge is -2.11. The predicted octanol–water partition coefficient (Wildman–Crippen LogP) is 2.68. The van der Waals surface area contributed by atoms with Crippen LogP contribution in [0.1, 0.15) is 31.5 Å². The molecule has 0 amide bonds. The molecule has 1 aromatic heterocycles. The summed E-state index contributed by atoms with van der Waals surface area (Å²) in [5.74, 6) is -0.158. The van der Waals surface area contributed by atoms with E-state index in [1.807, 2.05) is 6.92 Å². The summed E-state index contributed by atoms with van der Waals surface area (Å²) in [6, 6.07) is 0. The maximum atomic E-state index is 13.1. The molecule has 0 aliphatic carbocycles. The molecule has 3 nitrogen and oxygen atoms in total. The Kier molecular flexibility index (Phi) is 3.77. The van der Waals surface area contributed by atoms with Gasteiger partial charge in [-0.05, 0) is 20.8 Å². The van der Waals surface area contributed by atoms with Gasteiger partial charge in [0.15, 0.2) is 16.8 Å². The molecule has 1 aromatic rings. The number of aryl methyl sites for hydroxylation is 1. The summed E-state index contributed by atoms with van der Waals surface area (Å²) in [6.07, 6.45) is -0.267. The molecule has 0 bridgehead atoms. The van der Waals surface area contributed by atoms with E-state index in [-0.39, 0.29) is 17.0 Å². The van der Waals surface area contributed by atoms with E-state index in [9.17, 15) is 4.39 Å². The summed E-state index contributed by atoms with van der Waals surface area (Å²) >= 11 is 5.58. The van der Waals surface area contributed by atoms with Gasteiger partial charge in [0.2, 0.25) is 0 Å². The van der Waals surface area contributed by atoms with Gasteiger partial charge in [0.1, 0.15) is 6.10 Å². The maximum absolute atomic E-state index is 13.1. The second-order valence-corrected chi connectivity index (χ2v) is 3.23. The highest BCUT2D eigenvalue weighted by molar-refractivity contribution is 6.29. The Bertz CT molecular complexity index is 310. The Morgan fingerprint density at radius 1 is 1.50 bits per heavy atom. The van der Waals surface area contributed by atoms with E-state index in [0.29, 0.717) is 12.4 Å². The van der Waals surface area contributed by atoms with Crippen molar-refractivity contribution in [3.63, 3.8) is 0 Å². The van der Waals surface area contributed by atoms with Crippen LogP contribution in [-0.2, 0) is 4.74 Å². The molecule has 0 radical (unpaired) electrons. The smallest absolute Gasteiger partial charge is 0.181 e. The van der Waals surface area contributed by atoms with Gasteiger partial charge in [-0.15, -0.1) is 0 Å². The highest BCUT2D eigenvalue weighted by atomic mass is 35.5. The largest absolute Gasteiger partial charge is 0.371 e. The van der Waals surface area contributed by atoms with Crippen molar-refractivity contribution < 1.29 is 9.13 Å². The third-order valence-corrected chi connectivity index (χ3v) is 2.02. The van der Waals surface area contributed by atoms with Crippen molar-refractivity contribution in [2.24, 2.45) is 0 Å². The highest BCUT2D eigenvalue weighted by Crippen LogP contribution is 2.18. The summed E-state index contributed by atoms with van der Waals surface area (Å²) in [4.78, 5) is 7.76. The fraction of sp³-hybridized carbons (Fsp3) is 0.556. The minimum atomic E-state index is -0.570. The average molecular weight is 219 g/mol.